The Balaban J connectivity index is 1.71. The van der Waals surface area contributed by atoms with Gasteiger partial charge in [0.25, 0.3) is 0 Å². The molecule has 1 aromatic rings. The summed E-state index contributed by atoms with van der Waals surface area (Å²) < 4.78 is 0. The Hall–Kier alpha value is -0.820. The number of rotatable bonds is 0. The van der Waals surface area contributed by atoms with Crippen molar-refractivity contribution < 1.29 is 0 Å². The average Bonchev–Trinajstić information content (AvgIpc) is 2.96. The second-order valence-corrected chi connectivity index (χ2v) is 7.16. The molecule has 5 aliphatic rings. The Morgan fingerprint density at radius 2 is 1.68 bits per heavy atom. The molecular formula is C18H23N. The van der Waals surface area contributed by atoms with Crippen LogP contribution in [0.3, 0.4) is 0 Å². The third-order valence-electron chi connectivity index (χ3n) is 6.53. The highest BCUT2D eigenvalue weighted by Gasteiger charge is 2.56. The lowest BCUT2D eigenvalue weighted by Gasteiger charge is -2.59. The monoisotopic (exact) mass is 253 g/mol. The van der Waals surface area contributed by atoms with E-state index in [2.05, 4.69) is 29.2 Å². The molecule has 5 atom stereocenters. The summed E-state index contributed by atoms with van der Waals surface area (Å²) in [6, 6.07) is 11.1. The van der Waals surface area contributed by atoms with Crippen LogP contribution >= 0.6 is 0 Å². The number of hydrogen-bond donors (Lipinski definition) is 0. The fraction of sp³-hybridized carbons (Fsp3) is 0.667. The van der Waals surface area contributed by atoms with Crippen molar-refractivity contribution >= 4 is 0 Å². The molecule has 2 bridgehead atoms. The van der Waals surface area contributed by atoms with Crippen molar-refractivity contribution in [3.8, 4) is 0 Å². The first-order valence-corrected chi connectivity index (χ1v) is 8.30. The topological polar surface area (TPSA) is 3.24 Å². The second-order valence-electron chi connectivity index (χ2n) is 7.16. The number of nitrogens with zero attached hydrogens (tertiary/aromatic N) is 1. The summed E-state index contributed by atoms with van der Waals surface area (Å²) in [4.78, 5) is 2.92. The Kier molecular flexibility index (Phi) is 2.21. The van der Waals surface area contributed by atoms with Gasteiger partial charge in [0.05, 0.1) is 0 Å². The lowest BCUT2D eigenvalue weighted by atomic mass is 9.59. The van der Waals surface area contributed by atoms with Crippen LogP contribution in [-0.2, 0) is 0 Å². The molecule has 1 aromatic carbocycles. The average molecular weight is 253 g/mol. The Bertz CT molecular complexity index is 463. The predicted molar refractivity (Wildman–Crippen MR) is 77.1 cm³/mol. The zero-order chi connectivity index (χ0) is 12.4. The molecular weight excluding hydrogens is 230 g/mol. The van der Waals surface area contributed by atoms with Crippen LogP contribution in [0, 0.1) is 11.8 Å². The van der Waals surface area contributed by atoms with Crippen LogP contribution in [0.5, 0.6) is 0 Å². The third-order valence-corrected chi connectivity index (χ3v) is 6.53. The molecule has 1 heteroatoms. The largest absolute Gasteiger partial charge is 0.292 e. The van der Waals surface area contributed by atoms with Crippen molar-refractivity contribution in [1.82, 2.24) is 4.90 Å². The summed E-state index contributed by atoms with van der Waals surface area (Å²) in [7, 11) is 0. The summed E-state index contributed by atoms with van der Waals surface area (Å²) in [5.74, 6) is 2.86. The smallest absolute Gasteiger partial charge is 0.0385 e. The van der Waals surface area contributed by atoms with Crippen LogP contribution in [0.2, 0.25) is 0 Å². The van der Waals surface area contributed by atoms with Crippen LogP contribution in [0.25, 0.3) is 0 Å². The highest BCUT2D eigenvalue weighted by atomic mass is 15.2. The van der Waals surface area contributed by atoms with Crippen LogP contribution in [0.1, 0.15) is 61.6 Å². The van der Waals surface area contributed by atoms with Gasteiger partial charge in [-0.2, -0.15) is 0 Å². The maximum atomic E-state index is 2.92. The first kappa shape index (κ1) is 10.9. The van der Waals surface area contributed by atoms with E-state index in [1.54, 1.807) is 11.1 Å². The van der Waals surface area contributed by atoms with Gasteiger partial charge in [0.2, 0.25) is 0 Å². The molecule has 6 rings (SSSR count). The van der Waals surface area contributed by atoms with Crippen LogP contribution in [-0.4, -0.2) is 17.5 Å². The van der Waals surface area contributed by atoms with Crippen molar-refractivity contribution in [3.05, 3.63) is 35.4 Å². The van der Waals surface area contributed by atoms with Crippen molar-refractivity contribution in [3.63, 3.8) is 0 Å². The van der Waals surface area contributed by atoms with Crippen LogP contribution in [0.15, 0.2) is 24.3 Å². The summed E-state index contributed by atoms with van der Waals surface area (Å²) in [6.45, 7) is 1.36. The van der Waals surface area contributed by atoms with Crippen molar-refractivity contribution in [1.29, 1.82) is 0 Å². The SMILES string of the molecule is c1ccc2c(c1)[C@H]1C3CCCCN3[C@@H]2[C@H]2CCC[C@H]21. The summed E-state index contributed by atoms with van der Waals surface area (Å²) >= 11 is 0. The van der Waals surface area contributed by atoms with Gasteiger partial charge in [-0.3, -0.25) is 4.90 Å². The van der Waals surface area contributed by atoms with Gasteiger partial charge in [0.15, 0.2) is 0 Å². The number of piperidine rings is 2. The molecule has 1 saturated carbocycles. The molecule has 0 radical (unpaired) electrons. The van der Waals surface area contributed by atoms with E-state index >= 15 is 0 Å². The molecule has 19 heavy (non-hydrogen) atoms. The van der Waals surface area contributed by atoms with E-state index in [1.165, 1.54) is 45.1 Å². The molecule has 0 N–H and O–H groups in total. The Morgan fingerprint density at radius 3 is 2.63 bits per heavy atom. The first-order valence-electron chi connectivity index (χ1n) is 8.30. The van der Waals surface area contributed by atoms with E-state index in [0.29, 0.717) is 0 Å². The maximum absolute atomic E-state index is 2.92. The first-order chi connectivity index (χ1) is 9.45. The highest BCUT2D eigenvalue weighted by molar-refractivity contribution is 5.42. The molecule has 100 valence electrons. The fourth-order valence-corrected chi connectivity index (χ4v) is 6.03. The molecule has 2 saturated heterocycles. The van der Waals surface area contributed by atoms with E-state index < -0.39 is 0 Å². The van der Waals surface area contributed by atoms with Gasteiger partial charge in [-0.25, -0.2) is 0 Å². The van der Waals surface area contributed by atoms with E-state index in [0.717, 1.165) is 29.8 Å². The predicted octanol–water partition coefficient (Wildman–Crippen LogP) is 4.11. The van der Waals surface area contributed by atoms with Gasteiger partial charge < -0.3 is 0 Å². The van der Waals surface area contributed by atoms with Gasteiger partial charge in [0, 0.05) is 18.0 Å². The molecule has 2 aliphatic carbocycles. The normalized spacial score (nSPS) is 43.7. The summed E-state index contributed by atoms with van der Waals surface area (Å²) in [6.07, 6.45) is 8.83. The van der Waals surface area contributed by atoms with E-state index in [9.17, 15) is 0 Å². The third kappa shape index (κ3) is 1.30. The zero-order valence-corrected chi connectivity index (χ0v) is 11.6. The zero-order valence-electron chi connectivity index (χ0n) is 11.6. The minimum atomic E-state index is 0.777. The lowest BCUT2D eigenvalue weighted by molar-refractivity contribution is -0.0440. The summed E-state index contributed by atoms with van der Waals surface area (Å²) in [5, 5.41) is 0. The molecule has 0 spiro atoms. The molecule has 3 fully saturated rings. The van der Waals surface area contributed by atoms with Gasteiger partial charge in [0.1, 0.15) is 0 Å². The second kappa shape index (κ2) is 3.85. The van der Waals surface area contributed by atoms with E-state index in [4.69, 9.17) is 0 Å². The number of benzene rings is 1. The molecule has 0 aromatic heterocycles. The van der Waals surface area contributed by atoms with E-state index in [1.807, 2.05) is 0 Å². The van der Waals surface area contributed by atoms with Gasteiger partial charge in [-0.05, 0) is 55.2 Å². The minimum absolute atomic E-state index is 0.777. The van der Waals surface area contributed by atoms with Gasteiger partial charge in [-0.15, -0.1) is 0 Å². The quantitative estimate of drug-likeness (QED) is 0.672. The molecule has 0 amide bonds. The molecule has 3 heterocycles. The van der Waals surface area contributed by atoms with Gasteiger partial charge >= 0.3 is 0 Å². The van der Waals surface area contributed by atoms with Crippen molar-refractivity contribution in [2.24, 2.45) is 11.8 Å². The van der Waals surface area contributed by atoms with E-state index in [-0.39, 0.29) is 0 Å². The molecule has 3 aliphatic heterocycles. The van der Waals surface area contributed by atoms with Crippen molar-refractivity contribution in [2.45, 2.75) is 56.5 Å². The minimum Gasteiger partial charge on any atom is -0.292 e. The number of hydrogen-bond acceptors (Lipinski definition) is 1. The maximum Gasteiger partial charge on any atom is 0.0385 e. The standard InChI is InChI=1S/C18H23N/c1-2-7-14-12(6-1)17-13-8-5-9-15(13)18(14)19-11-4-3-10-16(17)19/h1-2,6-7,13,15-18H,3-5,8-11H2/t13-,15+,16?,17-,18+/m1/s1. The highest BCUT2D eigenvalue weighted by Crippen LogP contribution is 2.62. The lowest BCUT2D eigenvalue weighted by Crippen LogP contribution is -2.58. The fourth-order valence-electron chi connectivity index (χ4n) is 6.03. The van der Waals surface area contributed by atoms with Gasteiger partial charge in [-0.1, -0.05) is 37.1 Å². The van der Waals surface area contributed by atoms with Crippen molar-refractivity contribution in [2.75, 3.05) is 6.54 Å². The Morgan fingerprint density at radius 1 is 0.842 bits per heavy atom. The summed E-state index contributed by atoms with van der Waals surface area (Å²) in [5.41, 5.74) is 3.44. The molecule has 1 nitrogen and oxygen atoms in total. The van der Waals surface area contributed by atoms with Crippen LogP contribution < -0.4 is 0 Å². The Labute approximate surface area is 116 Å². The molecule has 1 unspecified atom stereocenters. The van der Waals surface area contributed by atoms with Crippen LogP contribution in [0.4, 0.5) is 0 Å².